The van der Waals surface area contributed by atoms with Crippen LogP contribution in [0.25, 0.3) is 0 Å². The number of rotatable bonds is 2. The fourth-order valence-electron chi connectivity index (χ4n) is 3.04. The van der Waals surface area contributed by atoms with Gasteiger partial charge in [-0.05, 0) is 31.9 Å². The SMILES string of the molecule is CC1(N)CCN(c2cnc3c(n2)CN=C3Sc2ccccc2Cl)CC1. The lowest BCUT2D eigenvalue weighted by molar-refractivity contribution is 0.363. The molecule has 130 valence electrons. The summed E-state index contributed by atoms with van der Waals surface area (Å²) < 4.78 is 0. The minimum absolute atomic E-state index is 0.0669. The Bertz CT molecular complexity index is 826. The Morgan fingerprint density at radius 2 is 2.00 bits per heavy atom. The molecule has 0 amide bonds. The maximum Gasteiger partial charge on any atom is 0.147 e. The number of nitrogens with zero attached hydrogens (tertiary/aromatic N) is 4. The molecule has 0 spiro atoms. The second-order valence-electron chi connectivity index (χ2n) is 6.82. The van der Waals surface area contributed by atoms with Gasteiger partial charge in [-0.15, -0.1) is 0 Å². The van der Waals surface area contributed by atoms with E-state index < -0.39 is 0 Å². The molecule has 0 radical (unpaired) electrons. The molecule has 5 nitrogen and oxygen atoms in total. The van der Waals surface area contributed by atoms with Crippen LogP contribution in [0.4, 0.5) is 5.82 Å². The summed E-state index contributed by atoms with van der Waals surface area (Å²) in [6.45, 7) is 4.53. The second kappa shape index (κ2) is 6.59. The van der Waals surface area contributed by atoms with Crippen molar-refractivity contribution in [2.75, 3.05) is 18.0 Å². The third-order valence-electron chi connectivity index (χ3n) is 4.68. The number of benzene rings is 1. The largest absolute Gasteiger partial charge is 0.355 e. The van der Waals surface area contributed by atoms with Crippen molar-refractivity contribution in [3.8, 4) is 0 Å². The highest BCUT2D eigenvalue weighted by molar-refractivity contribution is 8.14. The Balaban J connectivity index is 1.51. The average molecular weight is 374 g/mol. The van der Waals surface area contributed by atoms with Crippen LogP contribution in [0, 0.1) is 0 Å². The molecule has 25 heavy (non-hydrogen) atoms. The van der Waals surface area contributed by atoms with E-state index in [1.807, 2.05) is 30.5 Å². The number of anilines is 1. The normalized spacial score (nSPS) is 18.8. The van der Waals surface area contributed by atoms with Gasteiger partial charge in [0.2, 0.25) is 0 Å². The molecule has 1 saturated heterocycles. The summed E-state index contributed by atoms with van der Waals surface area (Å²) in [7, 11) is 0. The molecule has 7 heteroatoms. The number of piperidine rings is 1. The van der Waals surface area contributed by atoms with Gasteiger partial charge in [0.1, 0.15) is 16.6 Å². The Morgan fingerprint density at radius 3 is 2.76 bits per heavy atom. The van der Waals surface area contributed by atoms with Gasteiger partial charge >= 0.3 is 0 Å². The van der Waals surface area contributed by atoms with E-state index in [0.717, 1.165) is 58.1 Å². The lowest BCUT2D eigenvalue weighted by Crippen LogP contribution is -2.48. The molecular weight excluding hydrogens is 354 g/mol. The van der Waals surface area contributed by atoms with Crippen LogP contribution in [0.1, 0.15) is 31.2 Å². The van der Waals surface area contributed by atoms with Crippen molar-refractivity contribution in [2.45, 2.75) is 36.7 Å². The molecule has 0 unspecified atom stereocenters. The third kappa shape index (κ3) is 3.52. The summed E-state index contributed by atoms with van der Waals surface area (Å²) in [4.78, 5) is 17.3. The van der Waals surface area contributed by atoms with Crippen molar-refractivity contribution in [1.82, 2.24) is 9.97 Å². The van der Waals surface area contributed by atoms with Crippen LogP contribution in [-0.4, -0.2) is 33.6 Å². The topological polar surface area (TPSA) is 67.4 Å². The minimum atomic E-state index is -0.0669. The highest BCUT2D eigenvalue weighted by Crippen LogP contribution is 2.33. The average Bonchev–Trinajstić information content (AvgIpc) is 2.99. The van der Waals surface area contributed by atoms with Gasteiger partial charge in [-0.2, -0.15) is 0 Å². The fraction of sp³-hybridized carbons (Fsp3) is 0.389. The molecule has 0 atom stereocenters. The van der Waals surface area contributed by atoms with Crippen molar-refractivity contribution in [1.29, 1.82) is 0 Å². The molecule has 2 aromatic rings. The van der Waals surface area contributed by atoms with E-state index in [9.17, 15) is 0 Å². The zero-order valence-electron chi connectivity index (χ0n) is 14.1. The number of aromatic nitrogens is 2. The molecule has 4 rings (SSSR count). The Labute approximate surface area is 156 Å². The Kier molecular flexibility index (Phi) is 4.43. The van der Waals surface area contributed by atoms with Crippen LogP contribution in [0.3, 0.4) is 0 Å². The summed E-state index contributed by atoms with van der Waals surface area (Å²) >= 11 is 7.80. The molecule has 0 aliphatic carbocycles. The van der Waals surface area contributed by atoms with E-state index in [-0.39, 0.29) is 5.54 Å². The lowest BCUT2D eigenvalue weighted by atomic mass is 9.91. The molecule has 1 aromatic carbocycles. The van der Waals surface area contributed by atoms with E-state index in [0.29, 0.717) is 6.54 Å². The van der Waals surface area contributed by atoms with Crippen molar-refractivity contribution < 1.29 is 0 Å². The first-order valence-corrected chi connectivity index (χ1v) is 9.58. The van der Waals surface area contributed by atoms with E-state index in [2.05, 4.69) is 21.8 Å². The quantitative estimate of drug-likeness (QED) is 0.872. The van der Waals surface area contributed by atoms with Gasteiger partial charge in [0, 0.05) is 23.5 Å². The molecule has 2 aliphatic rings. The van der Waals surface area contributed by atoms with Crippen LogP contribution in [-0.2, 0) is 6.54 Å². The molecule has 3 heterocycles. The zero-order valence-corrected chi connectivity index (χ0v) is 15.6. The monoisotopic (exact) mass is 373 g/mol. The van der Waals surface area contributed by atoms with Gasteiger partial charge in [0.05, 0.1) is 23.5 Å². The van der Waals surface area contributed by atoms with Gasteiger partial charge in [-0.3, -0.25) is 4.99 Å². The van der Waals surface area contributed by atoms with Crippen molar-refractivity contribution >= 4 is 34.2 Å². The van der Waals surface area contributed by atoms with E-state index in [1.54, 1.807) is 11.8 Å². The van der Waals surface area contributed by atoms with Gasteiger partial charge in [0.15, 0.2) is 0 Å². The first kappa shape index (κ1) is 16.8. The Morgan fingerprint density at radius 1 is 1.24 bits per heavy atom. The van der Waals surface area contributed by atoms with Gasteiger partial charge in [0.25, 0.3) is 0 Å². The first-order chi connectivity index (χ1) is 12.0. The smallest absolute Gasteiger partial charge is 0.147 e. The molecule has 1 fully saturated rings. The van der Waals surface area contributed by atoms with Gasteiger partial charge < -0.3 is 10.6 Å². The van der Waals surface area contributed by atoms with Crippen molar-refractivity contribution in [3.05, 3.63) is 46.9 Å². The van der Waals surface area contributed by atoms with Crippen molar-refractivity contribution in [2.24, 2.45) is 10.7 Å². The summed E-state index contributed by atoms with van der Waals surface area (Å²) in [6.07, 6.45) is 3.79. The number of halogens is 1. The first-order valence-electron chi connectivity index (χ1n) is 8.39. The van der Waals surface area contributed by atoms with Crippen LogP contribution in [0.2, 0.25) is 5.02 Å². The predicted octanol–water partition coefficient (Wildman–Crippen LogP) is 3.50. The van der Waals surface area contributed by atoms with Crippen molar-refractivity contribution in [3.63, 3.8) is 0 Å². The number of nitrogens with two attached hydrogens (primary N) is 1. The standard InChI is InChI=1S/C18H20ClN5S/c1-18(20)6-8-24(9-7-18)15-11-21-16-13(23-15)10-22-17(16)25-14-5-3-2-4-12(14)19/h2-5,11H,6-10,20H2,1H3. The zero-order chi connectivity index (χ0) is 17.4. The van der Waals surface area contributed by atoms with E-state index in [4.69, 9.17) is 22.3 Å². The summed E-state index contributed by atoms with van der Waals surface area (Å²) in [5.41, 5.74) is 7.96. The Hall–Kier alpha value is -1.63. The molecule has 1 aromatic heterocycles. The van der Waals surface area contributed by atoms with E-state index in [1.165, 1.54) is 0 Å². The van der Waals surface area contributed by atoms with E-state index >= 15 is 0 Å². The maximum absolute atomic E-state index is 6.25. The number of hydrogen-bond donors (Lipinski definition) is 1. The number of thioether (sulfide) groups is 1. The number of fused-ring (bicyclic) bond motifs is 1. The van der Waals surface area contributed by atoms with Crippen LogP contribution in [0.15, 0.2) is 40.4 Å². The summed E-state index contributed by atoms with van der Waals surface area (Å²) in [5.74, 6) is 0.924. The van der Waals surface area contributed by atoms with Gasteiger partial charge in [-0.25, -0.2) is 9.97 Å². The van der Waals surface area contributed by atoms with Crippen LogP contribution in [0.5, 0.6) is 0 Å². The third-order valence-corrected chi connectivity index (χ3v) is 6.21. The predicted molar refractivity (Wildman–Crippen MR) is 104 cm³/mol. The van der Waals surface area contributed by atoms with Crippen LogP contribution >= 0.6 is 23.4 Å². The molecule has 0 bridgehead atoms. The highest BCUT2D eigenvalue weighted by atomic mass is 35.5. The molecular formula is C18H20ClN5S. The lowest BCUT2D eigenvalue weighted by Gasteiger charge is -2.37. The number of hydrogen-bond acceptors (Lipinski definition) is 6. The summed E-state index contributed by atoms with van der Waals surface area (Å²) in [5, 5.41) is 1.61. The summed E-state index contributed by atoms with van der Waals surface area (Å²) in [6, 6.07) is 7.78. The maximum atomic E-state index is 6.25. The van der Waals surface area contributed by atoms with Crippen LogP contribution < -0.4 is 10.6 Å². The molecule has 0 saturated carbocycles. The molecule has 2 aliphatic heterocycles. The fourth-order valence-corrected chi connectivity index (χ4v) is 4.21. The minimum Gasteiger partial charge on any atom is -0.355 e. The highest BCUT2D eigenvalue weighted by Gasteiger charge is 2.28. The molecule has 2 N–H and O–H groups in total. The second-order valence-corrected chi connectivity index (χ2v) is 8.26. The van der Waals surface area contributed by atoms with Gasteiger partial charge in [-0.1, -0.05) is 35.5 Å². The number of aliphatic imine (C=N–C) groups is 1.